The minimum absolute atomic E-state index is 0.132. The van der Waals surface area contributed by atoms with Gasteiger partial charge in [-0.25, -0.2) is 4.68 Å². The molecule has 25 heavy (non-hydrogen) atoms. The number of aromatic nitrogens is 2. The van der Waals surface area contributed by atoms with Gasteiger partial charge in [0.15, 0.2) is 0 Å². The smallest absolute Gasteiger partial charge is 0.270 e. The summed E-state index contributed by atoms with van der Waals surface area (Å²) in [6.07, 6.45) is 0.883. The molecule has 0 radical (unpaired) electrons. The zero-order valence-corrected chi connectivity index (χ0v) is 14.4. The molecule has 1 N–H and O–H groups in total. The van der Waals surface area contributed by atoms with Gasteiger partial charge < -0.3 is 10.1 Å². The number of para-hydroxylation sites is 1. The quantitative estimate of drug-likeness (QED) is 0.747. The number of ether oxygens (including phenoxy) is 1. The Balaban J connectivity index is 2.06. The van der Waals surface area contributed by atoms with Gasteiger partial charge in [0.1, 0.15) is 11.4 Å². The Hall–Kier alpha value is -3.08. The van der Waals surface area contributed by atoms with Gasteiger partial charge in [-0.3, -0.25) is 4.79 Å². The number of rotatable bonds is 6. The summed E-state index contributed by atoms with van der Waals surface area (Å²) in [5.74, 6) is 0.621. The van der Waals surface area contributed by atoms with Gasteiger partial charge in [0.25, 0.3) is 5.91 Å². The lowest BCUT2D eigenvalue weighted by atomic mass is 10.1. The lowest BCUT2D eigenvalue weighted by Crippen LogP contribution is -2.26. The van der Waals surface area contributed by atoms with E-state index in [4.69, 9.17) is 4.74 Å². The zero-order valence-electron chi connectivity index (χ0n) is 14.4. The summed E-state index contributed by atoms with van der Waals surface area (Å²) in [6.45, 7) is 2.66. The number of hydrogen-bond acceptors (Lipinski definition) is 3. The summed E-state index contributed by atoms with van der Waals surface area (Å²) in [6, 6.07) is 19.1. The van der Waals surface area contributed by atoms with Gasteiger partial charge in [0, 0.05) is 12.1 Å². The fourth-order valence-corrected chi connectivity index (χ4v) is 2.56. The molecule has 3 aromatic rings. The summed E-state index contributed by atoms with van der Waals surface area (Å²) in [5.41, 5.74) is 2.98. The summed E-state index contributed by atoms with van der Waals surface area (Å²) >= 11 is 0. The van der Waals surface area contributed by atoms with Crippen LogP contribution in [0.2, 0.25) is 0 Å². The third kappa shape index (κ3) is 3.71. The molecule has 0 fully saturated rings. The number of hydrogen-bond donors (Lipinski definition) is 1. The first kappa shape index (κ1) is 16.8. The average Bonchev–Trinajstić information content (AvgIpc) is 3.12. The lowest BCUT2D eigenvalue weighted by molar-refractivity contribution is 0.0946. The van der Waals surface area contributed by atoms with Crippen LogP contribution in [0.1, 0.15) is 23.8 Å². The summed E-state index contributed by atoms with van der Waals surface area (Å²) in [7, 11) is 1.63. The SMILES string of the molecule is CCCNC(=O)c1cc(-c2cccc(OC)c2)nn1-c1ccccc1. The van der Waals surface area contributed by atoms with E-state index in [1.54, 1.807) is 11.8 Å². The molecule has 1 amide bonds. The Labute approximate surface area is 147 Å². The van der Waals surface area contributed by atoms with E-state index in [1.165, 1.54) is 0 Å². The average molecular weight is 335 g/mol. The van der Waals surface area contributed by atoms with Crippen molar-refractivity contribution in [3.8, 4) is 22.7 Å². The molecule has 0 spiro atoms. The van der Waals surface area contributed by atoms with Crippen molar-refractivity contribution in [3.05, 3.63) is 66.4 Å². The number of amides is 1. The van der Waals surface area contributed by atoms with Crippen LogP contribution in [0.4, 0.5) is 0 Å². The van der Waals surface area contributed by atoms with E-state index >= 15 is 0 Å². The second-order valence-corrected chi connectivity index (χ2v) is 5.65. The molecule has 0 saturated heterocycles. The van der Waals surface area contributed by atoms with Crippen LogP contribution in [0.5, 0.6) is 5.75 Å². The molecule has 1 aromatic heterocycles. The third-order valence-electron chi connectivity index (χ3n) is 3.84. The van der Waals surface area contributed by atoms with Gasteiger partial charge in [-0.1, -0.05) is 37.3 Å². The molecule has 5 heteroatoms. The molecular formula is C20H21N3O2. The molecule has 0 aliphatic carbocycles. The first-order valence-corrected chi connectivity index (χ1v) is 8.31. The first-order valence-electron chi connectivity index (χ1n) is 8.31. The Morgan fingerprint density at radius 1 is 1.12 bits per heavy atom. The maximum atomic E-state index is 12.6. The number of nitrogens with one attached hydrogen (secondary N) is 1. The third-order valence-corrected chi connectivity index (χ3v) is 3.84. The molecule has 5 nitrogen and oxygen atoms in total. The van der Waals surface area contributed by atoms with Crippen LogP contribution in [-0.2, 0) is 0 Å². The van der Waals surface area contributed by atoms with Crippen molar-refractivity contribution in [2.24, 2.45) is 0 Å². The van der Waals surface area contributed by atoms with Gasteiger partial charge in [0.05, 0.1) is 18.5 Å². The van der Waals surface area contributed by atoms with Gasteiger partial charge in [-0.2, -0.15) is 5.10 Å². The Kier molecular flexibility index (Phi) is 5.14. The molecule has 0 aliphatic heterocycles. The van der Waals surface area contributed by atoms with Crippen LogP contribution < -0.4 is 10.1 Å². The second kappa shape index (κ2) is 7.66. The molecule has 0 unspecified atom stereocenters. The van der Waals surface area contributed by atoms with Crippen LogP contribution in [0.25, 0.3) is 16.9 Å². The van der Waals surface area contributed by atoms with E-state index in [-0.39, 0.29) is 5.91 Å². The van der Waals surface area contributed by atoms with Crippen LogP contribution in [0.15, 0.2) is 60.7 Å². The largest absolute Gasteiger partial charge is 0.497 e. The van der Waals surface area contributed by atoms with Crippen LogP contribution >= 0.6 is 0 Å². The molecule has 1 heterocycles. The highest BCUT2D eigenvalue weighted by atomic mass is 16.5. The lowest BCUT2D eigenvalue weighted by Gasteiger charge is -2.07. The Bertz CT molecular complexity index is 856. The van der Waals surface area contributed by atoms with Gasteiger partial charge in [0.2, 0.25) is 0 Å². The number of carbonyl (C=O) groups is 1. The number of benzene rings is 2. The van der Waals surface area contributed by atoms with E-state index in [0.717, 1.165) is 29.1 Å². The molecule has 0 atom stereocenters. The molecular weight excluding hydrogens is 314 g/mol. The molecule has 2 aromatic carbocycles. The van der Waals surface area contributed by atoms with Crippen molar-refractivity contribution in [1.29, 1.82) is 0 Å². The number of methoxy groups -OCH3 is 1. The molecule has 128 valence electrons. The Morgan fingerprint density at radius 3 is 2.64 bits per heavy atom. The monoisotopic (exact) mass is 335 g/mol. The minimum Gasteiger partial charge on any atom is -0.497 e. The summed E-state index contributed by atoms with van der Waals surface area (Å²) in [5, 5.41) is 7.58. The van der Waals surface area contributed by atoms with Crippen molar-refractivity contribution in [2.45, 2.75) is 13.3 Å². The van der Waals surface area contributed by atoms with Gasteiger partial charge in [-0.05, 0) is 36.8 Å². The van der Waals surface area contributed by atoms with Crippen molar-refractivity contribution in [2.75, 3.05) is 13.7 Å². The minimum atomic E-state index is -0.132. The fraction of sp³-hybridized carbons (Fsp3) is 0.200. The topological polar surface area (TPSA) is 56.1 Å². The molecule has 0 saturated carbocycles. The number of carbonyl (C=O) groups excluding carboxylic acids is 1. The van der Waals surface area contributed by atoms with Crippen molar-refractivity contribution in [3.63, 3.8) is 0 Å². The van der Waals surface area contributed by atoms with Gasteiger partial charge in [-0.15, -0.1) is 0 Å². The first-order chi connectivity index (χ1) is 12.2. The van der Waals surface area contributed by atoms with E-state index in [2.05, 4.69) is 10.4 Å². The van der Waals surface area contributed by atoms with E-state index in [1.807, 2.05) is 67.6 Å². The number of nitrogens with zero attached hydrogens (tertiary/aromatic N) is 2. The molecule has 3 rings (SSSR count). The normalized spacial score (nSPS) is 10.5. The van der Waals surface area contributed by atoms with Crippen molar-refractivity contribution in [1.82, 2.24) is 15.1 Å². The predicted molar refractivity (Wildman–Crippen MR) is 98.2 cm³/mol. The van der Waals surface area contributed by atoms with Crippen LogP contribution in [0, 0.1) is 0 Å². The molecule has 0 bridgehead atoms. The van der Waals surface area contributed by atoms with Crippen molar-refractivity contribution < 1.29 is 9.53 Å². The highest BCUT2D eigenvalue weighted by molar-refractivity contribution is 5.94. The summed E-state index contributed by atoms with van der Waals surface area (Å²) < 4.78 is 6.97. The summed E-state index contributed by atoms with van der Waals surface area (Å²) in [4.78, 5) is 12.6. The maximum absolute atomic E-state index is 12.6. The second-order valence-electron chi connectivity index (χ2n) is 5.65. The van der Waals surface area contributed by atoms with Crippen LogP contribution in [0.3, 0.4) is 0 Å². The van der Waals surface area contributed by atoms with E-state index < -0.39 is 0 Å². The predicted octanol–water partition coefficient (Wildman–Crippen LogP) is 3.69. The van der Waals surface area contributed by atoms with E-state index in [9.17, 15) is 4.79 Å². The maximum Gasteiger partial charge on any atom is 0.270 e. The zero-order chi connectivity index (χ0) is 17.6. The van der Waals surface area contributed by atoms with Crippen LogP contribution in [-0.4, -0.2) is 29.3 Å². The van der Waals surface area contributed by atoms with Crippen molar-refractivity contribution >= 4 is 5.91 Å². The fourth-order valence-electron chi connectivity index (χ4n) is 2.56. The molecule has 0 aliphatic rings. The highest BCUT2D eigenvalue weighted by Crippen LogP contribution is 2.25. The Morgan fingerprint density at radius 2 is 1.92 bits per heavy atom. The standard InChI is InChI=1S/C20H21N3O2/c1-3-12-21-20(24)19-14-18(15-8-7-11-17(13-15)25-2)22-23(19)16-9-5-4-6-10-16/h4-11,13-14H,3,12H2,1-2H3,(H,21,24). The van der Waals surface area contributed by atoms with E-state index in [0.29, 0.717) is 12.2 Å². The highest BCUT2D eigenvalue weighted by Gasteiger charge is 2.17. The van der Waals surface area contributed by atoms with Gasteiger partial charge >= 0.3 is 0 Å².